The van der Waals surface area contributed by atoms with E-state index >= 15 is 0 Å². The summed E-state index contributed by atoms with van der Waals surface area (Å²) in [5.41, 5.74) is 0. The van der Waals surface area contributed by atoms with E-state index in [0.717, 1.165) is 32.1 Å². The minimum atomic E-state index is -0.555. The van der Waals surface area contributed by atoms with Gasteiger partial charge in [0.2, 0.25) is 0 Å². The molecule has 0 aromatic heterocycles. The summed E-state index contributed by atoms with van der Waals surface area (Å²) in [5, 5.41) is 17.8. The molecule has 0 saturated heterocycles. The lowest BCUT2D eigenvalue weighted by Gasteiger charge is -2.13. The fourth-order valence-corrected chi connectivity index (χ4v) is 1.59. The number of unbranched alkanes of at least 4 members (excludes halogenated alkanes) is 3. The molecule has 0 aliphatic heterocycles. The van der Waals surface area contributed by atoms with Crippen LogP contribution < -0.4 is 0 Å². The average molecular weight is 246 g/mol. The van der Waals surface area contributed by atoms with Gasteiger partial charge < -0.3 is 19.7 Å². The van der Waals surface area contributed by atoms with Gasteiger partial charge in [0.15, 0.2) is 0 Å². The molecule has 0 radical (unpaired) electrons. The van der Waals surface area contributed by atoms with Crippen LogP contribution in [0, 0.1) is 0 Å². The largest absolute Gasteiger partial charge is 0.394 e. The summed E-state index contributed by atoms with van der Waals surface area (Å²) in [7, 11) is 1.60. The lowest BCUT2D eigenvalue weighted by atomic mass is 10.1. The molecule has 0 saturated carbocycles. The maximum Gasteiger partial charge on any atom is 0.147 e. The Balaban J connectivity index is 3.33. The lowest BCUT2D eigenvalue weighted by Crippen LogP contribution is -2.12. The van der Waals surface area contributed by atoms with Crippen LogP contribution in [0.2, 0.25) is 0 Å². The van der Waals surface area contributed by atoms with Gasteiger partial charge in [-0.3, -0.25) is 0 Å². The molecule has 0 amide bonds. The molecule has 102 valence electrons. The summed E-state index contributed by atoms with van der Waals surface area (Å²) in [6, 6.07) is 0. The van der Waals surface area contributed by atoms with Crippen LogP contribution in [0.1, 0.15) is 38.5 Å². The Morgan fingerprint density at radius 3 is 2.35 bits per heavy atom. The molecule has 0 aromatic carbocycles. The zero-order valence-electron chi connectivity index (χ0n) is 10.8. The van der Waals surface area contributed by atoms with Gasteiger partial charge >= 0.3 is 0 Å². The van der Waals surface area contributed by atoms with Gasteiger partial charge in [0.25, 0.3) is 0 Å². The monoisotopic (exact) mass is 246 g/mol. The Morgan fingerprint density at radius 2 is 1.82 bits per heavy atom. The van der Waals surface area contributed by atoms with Crippen molar-refractivity contribution >= 4 is 0 Å². The number of methoxy groups -OCH3 is 1. The van der Waals surface area contributed by atoms with Crippen molar-refractivity contribution in [2.75, 3.05) is 20.5 Å². The number of hydrogen-bond acceptors (Lipinski definition) is 4. The Bertz CT molecular complexity index is 173. The van der Waals surface area contributed by atoms with Crippen molar-refractivity contribution in [1.82, 2.24) is 0 Å². The molecule has 4 nitrogen and oxygen atoms in total. The minimum absolute atomic E-state index is 0.0676. The summed E-state index contributed by atoms with van der Waals surface area (Å²) >= 11 is 0. The molecule has 0 aromatic rings. The zero-order valence-corrected chi connectivity index (χ0v) is 10.8. The third-order valence-electron chi connectivity index (χ3n) is 2.65. The van der Waals surface area contributed by atoms with Gasteiger partial charge in [-0.2, -0.15) is 0 Å². The SMILES string of the molecule is C=C[C@H](CCCCCC[C@@H](O)CO)OCOC. The molecule has 0 bridgehead atoms. The van der Waals surface area contributed by atoms with E-state index in [1.807, 2.05) is 0 Å². The first kappa shape index (κ1) is 16.6. The molecule has 0 heterocycles. The van der Waals surface area contributed by atoms with Crippen molar-refractivity contribution in [3.8, 4) is 0 Å². The van der Waals surface area contributed by atoms with Crippen LogP contribution in [0.25, 0.3) is 0 Å². The fraction of sp³-hybridized carbons (Fsp3) is 0.846. The second-order valence-corrected chi connectivity index (χ2v) is 4.18. The average Bonchev–Trinajstić information content (AvgIpc) is 2.36. The van der Waals surface area contributed by atoms with E-state index in [1.165, 1.54) is 0 Å². The topological polar surface area (TPSA) is 58.9 Å². The first-order chi connectivity index (χ1) is 8.24. The number of hydrogen-bond donors (Lipinski definition) is 2. The summed E-state index contributed by atoms with van der Waals surface area (Å²) in [6.07, 6.45) is 7.17. The summed E-state index contributed by atoms with van der Waals surface area (Å²) < 4.78 is 10.2. The highest BCUT2D eigenvalue weighted by molar-refractivity contribution is 4.79. The first-order valence-corrected chi connectivity index (χ1v) is 6.26. The smallest absolute Gasteiger partial charge is 0.147 e. The molecular formula is C13H26O4. The maximum atomic E-state index is 9.14. The zero-order chi connectivity index (χ0) is 12.9. The van der Waals surface area contributed by atoms with Crippen molar-refractivity contribution in [3.05, 3.63) is 12.7 Å². The van der Waals surface area contributed by atoms with Crippen molar-refractivity contribution < 1.29 is 19.7 Å². The number of ether oxygens (including phenoxy) is 2. The number of aliphatic hydroxyl groups is 2. The molecule has 2 N–H and O–H groups in total. The van der Waals surface area contributed by atoms with Crippen molar-refractivity contribution in [1.29, 1.82) is 0 Å². The first-order valence-electron chi connectivity index (χ1n) is 6.26. The molecule has 0 aliphatic carbocycles. The number of rotatable bonds is 12. The van der Waals surface area contributed by atoms with E-state index in [2.05, 4.69) is 6.58 Å². The van der Waals surface area contributed by atoms with Crippen LogP contribution >= 0.6 is 0 Å². The molecule has 0 unspecified atom stereocenters. The molecule has 0 aliphatic rings. The van der Waals surface area contributed by atoms with Crippen LogP contribution in [-0.2, 0) is 9.47 Å². The van der Waals surface area contributed by atoms with E-state index in [4.69, 9.17) is 19.7 Å². The van der Waals surface area contributed by atoms with E-state index in [9.17, 15) is 0 Å². The normalized spacial score (nSPS) is 14.5. The van der Waals surface area contributed by atoms with Gasteiger partial charge in [-0.25, -0.2) is 0 Å². The van der Waals surface area contributed by atoms with Crippen LogP contribution in [0.4, 0.5) is 0 Å². The quantitative estimate of drug-likeness (QED) is 0.313. The third-order valence-corrected chi connectivity index (χ3v) is 2.65. The second kappa shape index (κ2) is 12.0. The highest BCUT2D eigenvalue weighted by Crippen LogP contribution is 2.11. The fourth-order valence-electron chi connectivity index (χ4n) is 1.59. The van der Waals surface area contributed by atoms with Gasteiger partial charge in [0.1, 0.15) is 6.79 Å². The summed E-state index contributed by atoms with van der Waals surface area (Å²) in [5.74, 6) is 0. The van der Waals surface area contributed by atoms with Crippen molar-refractivity contribution in [2.45, 2.75) is 50.7 Å². The molecule has 2 atom stereocenters. The highest BCUT2D eigenvalue weighted by atomic mass is 16.7. The molecular weight excluding hydrogens is 220 g/mol. The Morgan fingerprint density at radius 1 is 1.18 bits per heavy atom. The van der Waals surface area contributed by atoms with Crippen LogP contribution in [0.15, 0.2) is 12.7 Å². The standard InChI is InChI=1S/C13H26O4/c1-3-13(17-11-16-2)9-7-5-4-6-8-12(15)10-14/h3,12-15H,1,4-11H2,2H3/t12-,13-/m1/s1. The second-order valence-electron chi connectivity index (χ2n) is 4.18. The Kier molecular flexibility index (Phi) is 11.8. The van der Waals surface area contributed by atoms with Gasteiger partial charge in [0.05, 0.1) is 18.8 Å². The van der Waals surface area contributed by atoms with Gasteiger partial charge in [-0.15, -0.1) is 6.58 Å². The lowest BCUT2D eigenvalue weighted by molar-refractivity contribution is -0.0579. The van der Waals surface area contributed by atoms with Crippen LogP contribution in [0.3, 0.4) is 0 Å². The predicted octanol–water partition coefficient (Wildman–Crippen LogP) is 1.86. The van der Waals surface area contributed by atoms with Crippen LogP contribution in [-0.4, -0.2) is 42.9 Å². The highest BCUT2D eigenvalue weighted by Gasteiger charge is 2.04. The molecule has 17 heavy (non-hydrogen) atoms. The van der Waals surface area contributed by atoms with E-state index in [-0.39, 0.29) is 12.7 Å². The molecule has 0 rings (SSSR count). The van der Waals surface area contributed by atoms with Crippen molar-refractivity contribution in [2.24, 2.45) is 0 Å². The number of aliphatic hydroxyl groups excluding tert-OH is 2. The molecule has 4 heteroatoms. The van der Waals surface area contributed by atoms with Crippen molar-refractivity contribution in [3.63, 3.8) is 0 Å². The van der Waals surface area contributed by atoms with Gasteiger partial charge in [0, 0.05) is 7.11 Å². The van der Waals surface area contributed by atoms with E-state index in [0.29, 0.717) is 13.2 Å². The van der Waals surface area contributed by atoms with Crippen LogP contribution in [0.5, 0.6) is 0 Å². The van der Waals surface area contributed by atoms with Gasteiger partial charge in [-0.1, -0.05) is 31.8 Å². The summed E-state index contributed by atoms with van der Waals surface area (Å²) in [4.78, 5) is 0. The molecule has 0 fully saturated rings. The van der Waals surface area contributed by atoms with E-state index in [1.54, 1.807) is 13.2 Å². The third kappa shape index (κ3) is 10.5. The Labute approximate surface area is 104 Å². The van der Waals surface area contributed by atoms with E-state index < -0.39 is 6.10 Å². The summed E-state index contributed by atoms with van der Waals surface area (Å²) in [6.45, 7) is 3.89. The minimum Gasteiger partial charge on any atom is -0.394 e. The predicted molar refractivity (Wildman–Crippen MR) is 67.7 cm³/mol. The van der Waals surface area contributed by atoms with Gasteiger partial charge in [-0.05, 0) is 12.8 Å². The maximum absolute atomic E-state index is 9.14. The molecule has 0 spiro atoms. The Hall–Kier alpha value is -0.420.